The second kappa shape index (κ2) is 8.03. The molecular formula is C18H19N5O5S. The van der Waals surface area contributed by atoms with E-state index in [1.807, 2.05) is 0 Å². The maximum absolute atomic E-state index is 12.7. The van der Waals surface area contributed by atoms with Crippen LogP contribution in [0.1, 0.15) is 31.5 Å². The van der Waals surface area contributed by atoms with Crippen LogP contribution in [0.15, 0.2) is 33.0 Å². The van der Waals surface area contributed by atoms with Crippen LogP contribution in [0.5, 0.6) is 0 Å². The molecule has 0 saturated heterocycles. The molecule has 4 rings (SSSR count). The van der Waals surface area contributed by atoms with Crippen molar-refractivity contribution in [3.63, 3.8) is 0 Å². The molecule has 1 saturated carbocycles. The first-order valence-electron chi connectivity index (χ1n) is 9.18. The lowest BCUT2D eigenvalue weighted by molar-refractivity contribution is -0.142. The standard InChI is InChI=1S/C18H19N5O5S/c1-2-27-15(25)8-11-10-29-17(19-11)20-14(24)9-22-18(26)23(12-5-6-12)16(21-22)13-4-3-7-28-13/h3-4,7,10,12H,2,5-6,8-9H2,1H3,(H,19,20,24). The fourth-order valence-corrected chi connectivity index (χ4v) is 3.59. The average Bonchev–Trinajstić information content (AvgIpc) is 3.05. The minimum atomic E-state index is -0.435. The van der Waals surface area contributed by atoms with Gasteiger partial charge in [-0.25, -0.2) is 14.5 Å². The van der Waals surface area contributed by atoms with Crippen LogP contribution in [0.3, 0.4) is 0 Å². The summed E-state index contributed by atoms with van der Waals surface area (Å²) >= 11 is 1.20. The van der Waals surface area contributed by atoms with Crippen LogP contribution in [0, 0.1) is 0 Å². The third-order valence-corrected chi connectivity index (χ3v) is 5.05. The van der Waals surface area contributed by atoms with Crippen molar-refractivity contribution in [2.75, 3.05) is 11.9 Å². The number of amides is 1. The molecule has 1 amide bonds. The van der Waals surface area contributed by atoms with E-state index in [-0.39, 0.29) is 30.7 Å². The second-order valence-electron chi connectivity index (χ2n) is 6.52. The third kappa shape index (κ3) is 4.29. The van der Waals surface area contributed by atoms with Gasteiger partial charge in [-0.2, -0.15) is 0 Å². The zero-order valence-corrected chi connectivity index (χ0v) is 16.5. The monoisotopic (exact) mass is 417 g/mol. The summed E-state index contributed by atoms with van der Waals surface area (Å²) in [5, 5.41) is 8.95. The Balaban J connectivity index is 1.45. The molecule has 11 heteroatoms. The van der Waals surface area contributed by atoms with E-state index in [0.717, 1.165) is 17.5 Å². The largest absolute Gasteiger partial charge is 0.466 e. The number of hydrogen-bond acceptors (Lipinski definition) is 8. The highest BCUT2D eigenvalue weighted by Crippen LogP contribution is 2.36. The molecule has 1 aliphatic carbocycles. The van der Waals surface area contributed by atoms with Crippen LogP contribution in [0.25, 0.3) is 11.6 Å². The lowest BCUT2D eigenvalue weighted by atomic mass is 10.3. The number of nitrogens with one attached hydrogen (secondary N) is 1. The van der Waals surface area contributed by atoms with Gasteiger partial charge >= 0.3 is 11.7 Å². The van der Waals surface area contributed by atoms with Gasteiger partial charge in [0.05, 0.1) is 25.0 Å². The van der Waals surface area contributed by atoms with Crippen molar-refractivity contribution in [1.82, 2.24) is 19.3 Å². The smallest absolute Gasteiger partial charge is 0.347 e. The SMILES string of the molecule is CCOC(=O)Cc1csc(NC(=O)Cn2nc(-c3ccco3)n(C3CC3)c2=O)n1. The molecule has 0 bridgehead atoms. The first-order chi connectivity index (χ1) is 14.0. The van der Waals surface area contributed by atoms with Crippen molar-refractivity contribution >= 4 is 28.3 Å². The van der Waals surface area contributed by atoms with Gasteiger partial charge in [-0.15, -0.1) is 16.4 Å². The van der Waals surface area contributed by atoms with E-state index in [1.165, 1.54) is 17.6 Å². The molecule has 0 radical (unpaired) electrons. The third-order valence-electron chi connectivity index (χ3n) is 4.25. The number of rotatable bonds is 8. The number of nitrogens with zero attached hydrogens (tertiary/aromatic N) is 4. The molecule has 0 aromatic carbocycles. The molecule has 1 N–H and O–H groups in total. The Bertz CT molecular complexity index is 1080. The highest BCUT2D eigenvalue weighted by atomic mass is 32.1. The summed E-state index contributed by atoms with van der Waals surface area (Å²) in [7, 11) is 0. The number of hydrogen-bond donors (Lipinski definition) is 1. The van der Waals surface area contributed by atoms with E-state index in [4.69, 9.17) is 9.15 Å². The van der Waals surface area contributed by atoms with Crippen LogP contribution in [0.4, 0.5) is 5.13 Å². The highest BCUT2D eigenvalue weighted by molar-refractivity contribution is 7.13. The minimum absolute atomic E-state index is 0.0397. The van der Waals surface area contributed by atoms with Crippen LogP contribution in [-0.2, 0) is 27.3 Å². The van der Waals surface area contributed by atoms with Crippen molar-refractivity contribution in [1.29, 1.82) is 0 Å². The fraction of sp³-hybridized carbons (Fsp3) is 0.389. The summed E-state index contributed by atoms with van der Waals surface area (Å²) in [6.45, 7) is 1.78. The minimum Gasteiger partial charge on any atom is -0.466 e. The van der Waals surface area contributed by atoms with Crippen LogP contribution < -0.4 is 11.0 Å². The molecule has 1 aliphatic rings. The molecule has 3 aromatic rings. The van der Waals surface area contributed by atoms with Crippen molar-refractivity contribution < 1.29 is 18.7 Å². The van der Waals surface area contributed by atoms with Crippen molar-refractivity contribution in [3.8, 4) is 11.6 Å². The van der Waals surface area contributed by atoms with Gasteiger partial charge < -0.3 is 14.5 Å². The molecule has 3 heterocycles. The number of carbonyl (C=O) groups is 2. The van der Waals surface area contributed by atoms with Gasteiger partial charge in [0.15, 0.2) is 10.9 Å². The average molecular weight is 417 g/mol. The first kappa shape index (κ1) is 19.1. The van der Waals surface area contributed by atoms with E-state index < -0.39 is 5.91 Å². The molecule has 0 atom stereocenters. The predicted molar refractivity (Wildman–Crippen MR) is 104 cm³/mol. The Hall–Kier alpha value is -3.21. The maximum Gasteiger partial charge on any atom is 0.347 e. The zero-order chi connectivity index (χ0) is 20.4. The zero-order valence-electron chi connectivity index (χ0n) is 15.7. The van der Waals surface area contributed by atoms with E-state index in [1.54, 1.807) is 29.0 Å². The quantitative estimate of drug-likeness (QED) is 0.555. The lowest BCUT2D eigenvalue weighted by Gasteiger charge is -2.01. The van der Waals surface area contributed by atoms with Crippen LogP contribution in [-0.4, -0.2) is 37.8 Å². The van der Waals surface area contributed by atoms with Gasteiger partial charge in [-0.1, -0.05) is 0 Å². The van der Waals surface area contributed by atoms with Gasteiger partial charge in [-0.05, 0) is 31.9 Å². The van der Waals surface area contributed by atoms with Crippen molar-refractivity contribution in [3.05, 3.63) is 40.0 Å². The number of aromatic nitrogens is 4. The van der Waals surface area contributed by atoms with Crippen LogP contribution in [0.2, 0.25) is 0 Å². The number of esters is 1. The summed E-state index contributed by atoms with van der Waals surface area (Å²) in [4.78, 5) is 40.8. The number of anilines is 1. The van der Waals surface area contributed by atoms with Gasteiger partial charge in [-0.3, -0.25) is 14.2 Å². The Kier molecular flexibility index (Phi) is 5.30. The number of ether oxygens (including phenoxy) is 1. The molecule has 1 fully saturated rings. The van der Waals surface area contributed by atoms with Gasteiger partial charge in [0, 0.05) is 11.4 Å². The number of furan rings is 1. The van der Waals surface area contributed by atoms with E-state index >= 15 is 0 Å². The van der Waals surface area contributed by atoms with Gasteiger partial charge in [0.1, 0.15) is 6.54 Å². The molecular weight excluding hydrogens is 398 g/mol. The molecule has 0 aliphatic heterocycles. The lowest BCUT2D eigenvalue weighted by Crippen LogP contribution is -2.30. The predicted octanol–water partition coefficient (Wildman–Crippen LogP) is 1.84. The summed E-state index contributed by atoms with van der Waals surface area (Å²) in [5.74, 6) is 0.0897. The molecule has 0 spiro atoms. The molecule has 0 unspecified atom stereocenters. The van der Waals surface area contributed by atoms with E-state index in [0.29, 0.717) is 29.0 Å². The summed E-state index contributed by atoms with van der Waals surface area (Å²) in [6, 6.07) is 3.54. The summed E-state index contributed by atoms with van der Waals surface area (Å²) < 4.78 is 13.0. The molecule has 10 nitrogen and oxygen atoms in total. The second-order valence-corrected chi connectivity index (χ2v) is 7.37. The Morgan fingerprint density at radius 2 is 2.24 bits per heavy atom. The molecule has 152 valence electrons. The van der Waals surface area contributed by atoms with E-state index in [9.17, 15) is 14.4 Å². The number of carbonyl (C=O) groups excluding carboxylic acids is 2. The normalized spacial score (nSPS) is 13.4. The molecule has 29 heavy (non-hydrogen) atoms. The van der Waals surface area contributed by atoms with Crippen molar-refractivity contribution in [2.24, 2.45) is 0 Å². The summed E-state index contributed by atoms with van der Waals surface area (Å²) in [5.41, 5.74) is 0.162. The van der Waals surface area contributed by atoms with E-state index in [2.05, 4.69) is 15.4 Å². The first-order valence-corrected chi connectivity index (χ1v) is 10.1. The Labute approximate surface area is 169 Å². The Morgan fingerprint density at radius 3 is 2.93 bits per heavy atom. The summed E-state index contributed by atoms with van der Waals surface area (Å²) in [6.07, 6.45) is 3.35. The fourth-order valence-electron chi connectivity index (χ4n) is 2.86. The van der Waals surface area contributed by atoms with Gasteiger partial charge in [0.25, 0.3) is 0 Å². The number of thiazole rings is 1. The highest BCUT2D eigenvalue weighted by Gasteiger charge is 2.31. The van der Waals surface area contributed by atoms with Crippen molar-refractivity contribution in [2.45, 2.75) is 38.8 Å². The van der Waals surface area contributed by atoms with Gasteiger partial charge in [0.2, 0.25) is 11.7 Å². The maximum atomic E-state index is 12.7. The molecule has 3 aromatic heterocycles. The topological polar surface area (TPSA) is 121 Å². The van der Waals surface area contributed by atoms with Crippen LogP contribution >= 0.6 is 11.3 Å². The Morgan fingerprint density at radius 1 is 1.41 bits per heavy atom.